The Labute approximate surface area is 246 Å². The van der Waals surface area contributed by atoms with E-state index in [4.69, 9.17) is 0 Å². The van der Waals surface area contributed by atoms with Crippen molar-refractivity contribution >= 4 is 23.2 Å². The number of nitrogens with zero attached hydrogens (tertiary/aromatic N) is 4. The van der Waals surface area contributed by atoms with E-state index < -0.39 is 0 Å². The topological polar surface area (TPSA) is 70.5 Å². The number of rotatable bonds is 11. The molecule has 41 heavy (non-hydrogen) atoms. The van der Waals surface area contributed by atoms with Gasteiger partial charge in [-0.05, 0) is 55.5 Å². The van der Waals surface area contributed by atoms with Gasteiger partial charge in [0.2, 0.25) is 0 Å². The zero-order valence-corrected chi connectivity index (χ0v) is 24.8. The van der Waals surface area contributed by atoms with Crippen molar-refractivity contribution in [2.45, 2.75) is 58.8 Å². The number of thiazole rings is 1. The average molecular weight is 570 g/mol. The Morgan fingerprint density at radius 3 is 2.51 bits per heavy atom. The third-order valence-electron chi connectivity index (χ3n) is 7.69. The molecule has 0 unspecified atom stereocenters. The van der Waals surface area contributed by atoms with E-state index in [9.17, 15) is 9.59 Å². The maximum Gasteiger partial charge on any atom is 0.270 e. The number of amides is 2. The van der Waals surface area contributed by atoms with E-state index in [1.807, 2.05) is 59.8 Å². The first kappa shape index (κ1) is 28.8. The van der Waals surface area contributed by atoms with Crippen LogP contribution in [0.15, 0.2) is 78.3 Å². The molecule has 0 saturated carbocycles. The highest BCUT2D eigenvalue weighted by Gasteiger charge is 2.23. The van der Waals surface area contributed by atoms with Crippen molar-refractivity contribution in [3.8, 4) is 0 Å². The lowest BCUT2D eigenvalue weighted by Gasteiger charge is -2.32. The first-order valence-electron chi connectivity index (χ1n) is 14.5. The van der Waals surface area contributed by atoms with E-state index in [1.165, 1.54) is 16.9 Å². The van der Waals surface area contributed by atoms with Gasteiger partial charge in [0.25, 0.3) is 11.8 Å². The van der Waals surface area contributed by atoms with Crippen LogP contribution in [0.5, 0.6) is 0 Å². The zero-order chi connectivity index (χ0) is 28.6. The molecule has 0 atom stereocenters. The van der Waals surface area contributed by atoms with Crippen molar-refractivity contribution in [3.05, 3.63) is 111 Å². The molecule has 1 aliphatic rings. The fourth-order valence-electron chi connectivity index (χ4n) is 5.42. The summed E-state index contributed by atoms with van der Waals surface area (Å²) in [7, 11) is 0. The number of hydrogen-bond donors (Lipinski definition) is 1. The molecule has 1 N–H and O–H groups in total. The van der Waals surface area contributed by atoms with Crippen molar-refractivity contribution in [2.24, 2.45) is 0 Å². The summed E-state index contributed by atoms with van der Waals surface area (Å²) in [4.78, 5) is 35.4. The number of carbonyl (C=O) groups is 2. The fourth-order valence-corrected chi connectivity index (χ4v) is 6.19. The Morgan fingerprint density at radius 2 is 1.76 bits per heavy atom. The van der Waals surface area contributed by atoms with Crippen LogP contribution in [-0.2, 0) is 19.6 Å². The highest BCUT2D eigenvalue weighted by atomic mass is 32.1. The molecule has 3 heterocycles. The molecule has 5 rings (SSSR count). The number of carbonyl (C=O) groups excluding carboxylic acids is 2. The second-order valence-electron chi connectivity index (χ2n) is 10.8. The van der Waals surface area contributed by atoms with Crippen LogP contribution >= 0.6 is 11.3 Å². The number of nitrogens with one attached hydrogen (secondary N) is 1. The SMILES string of the molecule is CCCN(Cc1cccn1Cc1nc(C(=O)NC2CCN(Cc3ccccc3)CC2)cs1)C(=O)c1ccccc1C. The Morgan fingerprint density at radius 1 is 1.00 bits per heavy atom. The van der Waals surface area contributed by atoms with E-state index in [2.05, 4.69) is 57.0 Å². The number of benzene rings is 2. The first-order chi connectivity index (χ1) is 20.0. The maximum absolute atomic E-state index is 13.4. The number of hydrogen-bond acceptors (Lipinski definition) is 5. The fraction of sp³-hybridized carbons (Fsp3) is 0.364. The van der Waals surface area contributed by atoms with E-state index in [0.29, 0.717) is 25.3 Å². The predicted octanol–water partition coefficient (Wildman–Crippen LogP) is 5.75. The number of aromatic nitrogens is 2. The maximum atomic E-state index is 13.4. The van der Waals surface area contributed by atoms with E-state index >= 15 is 0 Å². The minimum Gasteiger partial charge on any atom is -0.348 e. The average Bonchev–Trinajstić information content (AvgIpc) is 3.64. The normalized spacial score (nSPS) is 14.2. The summed E-state index contributed by atoms with van der Waals surface area (Å²) in [5.74, 6) is -0.0449. The zero-order valence-electron chi connectivity index (χ0n) is 24.0. The Bertz CT molecular complexity index is 1440. The van der Waals surface area contributed by atoms with Gasteiger partial charge in [-0.25, -0.2) is 4.98 Å². The summed E-state index contributed by atoms with van der Waals surface area (Å²) >= 11 is 1.50. The predicted molar refractivity (Wildman–Crippen MR) is 164 cm³/mol. The van der Waals surface area contributed by atoms with Crippen LogP contribution in [0.25, 0.3) is 0 Å². The molecule has 0 radical (unpaired) electrons. The molecule has 0 spiro atoms. The van der Waals surface area contributed by atoms with Gasteiger partial charge in [0, 0.05) is 55.1 Å². The highest BCUT2D eigenvalue weighted by molar-refractivity contribution is 7.09. The third-order valence-corrected chi connectivity index (χ3v) is 8.53. The van der Waals surface area contributed by atoms with Crippen molar-refractivity contribution in [1.29, 1.82) is 0 Å². The van der Waals surface area contributed by atoms with Crippen LogP contribution in [0.2, 0.25) is 0 Å². The second-order valence-corrected chi connectivity index (χ2v) is 11.7. The Hall–Kier alpha value is -3.75. The molecule has 2 aromatic heterocycles. The second kappa shape index (κ2) is 13.7. The summed E-state index contributed by atoms with van der Waals surface area (Å²) < 4.78 is 2.12. The van der Waals surface area contributed by atoms with Gasteiger partial charge in [0.05, 0.1) is 13.1 Å². The number of likely N-dealkylation sites (tertiary alicyclic amines) is 1. The lowest BCUT2D eigenvalue weighted by molar-refractivity contribution is 0.0738. The van der Waals surface area contributed by atoms with Crippen LogP contribution < -0.4 is 5.32 Å². The van der Waals surface area contributed by atoms with Gasteiger partial charge in [0.15, 0.2) is 0 Å². The van der Waals surface area contributed by atoms with Crippen molar-refractivity contribution in [2.75, 3.05) is 19.6 Å². The minimum atomic E-state index is -0.0975. The van der Waals surface area contributed by atoms with Gasteiger partial charge in [-0.3, -0.25) is 14.5 Å². The lowest BCUT2D eigenvalue weighted by atomic mass is 10.0. The van der Waals surface area contributed by atoms with Gasteiger partial charge in [0.1, 0.15) is 10.7 Å². The van der Waals surface area contributed by atoms with Gasteiger partial charge in [-0.1, -0.05) is 55.5 Å². The molecule has 2 aromatic carbocycles. The standard InChI is InChI=1S/C33H39N5O2S/c1-3-17-38(33(40)29-14-8-7-10-25(29)2)22-28-13-9-18-37(28)23-31-35-30(24-41-31)32(39)34-27-15-19-36(20-16-27)21-26-11-5-4-6-12-26/h4-14,18,24,27H,3,15-17,19-23H2,1-2H3,(H,34,39). The molecule has 8 heteroatoms. The molecular weight excluding hydrogens is 530 g/mol. The van der Waals surface area contributed by atoms with Crippen LogP contribution in [0.4, 0.5) is 0 Å². The summed E-state index contributed by atoms with van der Waals surface area (Å²) in [6.07, 6.45) is 4.78. The molecule has 214 valence electrons. The largest absolute Gasteiger partial charge is 0.348 e. The third kappa shape index (κ3) is 7.51. The van der Waals surface area contributed by atoms with Gasteiger partial charge < -0.3 is 14.8 Å². The van der Waals surface area contributed by atoms with E-state index in [-0.39, 0.29) is 17.9 Å². The molecule has 7 nitrogen and oxygen atoms in total. The van der Waals surface area contributed by atoms with Gasteiger partial charge in [-0.2, -0.15) is 0 Å². The van der Waals surface area contributed by atoms with Gasteiger partial charge in [-0.15, -0.1) is 11.3 Å². The van der Waals surface area contributed by atoms with Crippen LogP contribution in [0, 0.1) is 6.92 Å². The van der Waals surface area contributed by atoms with Gasteiger partial charge >= 0.3 is 0 Å². The first-order valence-corrected chi connectivity index (χ1v) is 15.4. The molecule has 1 aliphatic heterocycles. The lowest BCUT2D eigenvalue weighted by Crippen LogP contribution is -2.44. The molecule has 1 saturated heterocycles. The van der Waals surface area contributed by atoms with Crippen molar-refractivity contribution in [3.63, 3.8) is 0 Å². The number of aryl methyl sites for hydroxylation is 1. The van der Waals surface area contributed by atoms with Crippen LogP contribution in [0.3, 0.4) is 0 Å². The van der Waals surface area contributed by atoms with Crippen molar-refractivity contribution < 1.29 is 9.59 Å². The summed E-state index contributed by atoms with van der Waals surface area (Å²) in [5, 5.41) is 5.93. The molecule has 0 aliphatic carbocycles. The smallest absolute Gasteiger partial charge is 0.270 e. The van der Waals surface area contributed by atoms with E-state index in [0.717, 1.165) is 60.7 Å². The Balaban J connectivity index is 1.15. The summed E-state index contributed by atoms with van der Waals surface area (Å²) in [5.41, 5.74) is 4.58. The summed E-state index contributed by atoms with van der Waals surface area (Å²) in [6, 6.07) is 22.5. The van der Waals surface area contributed by atoms with Crippen LogP contribution in [0.1, 0.15) is 68.9 Å². The minimum absolute atomic E-state index is 0.0526. The van der Waals surface area contributed by atoms with Crippen LogP contribution in [-0.4, -0.2) is 56.8 Å². The highest BCUT2D eigenvalue weighted by Crippen LogP contribution is 2.19. The van der Waals surface area contributed by atoms with Crippen molar-refractivity contribution in [1.82, 2.24) is 24.7 Å². The molecule has 0 bridgehead atoms. The van der Waals surface area contributed by atoms with E-state index in [1.54, 1.807) is 0 Å². The molecule has 1 fully saturated rings. The molecular formula is C33H39N5O2S. The quantitative estimate of drug-likeness (QED) is 0.250. The monoisotopic (exact) mass is 569 g/mol. The Kier molecular flexibility index (Phi) is 9.64. The molecule has 4 aromatic rings. The summed E-state index contributed by atoms with van der Waals surface area (Å²) in [6.45, 7) is 8.74. The number of piperidine rings is 1. The molecule has 2 amide bonds.